The summed E-state index contributed by atoms with van der Waals surface area (Å²) in [4.78, 5) is 11.1. The van der Waals surface area contributed by atoms with Crippen molar-refractivity contribution in [1.29, 1.82) is 0 Å². The first kappa shape index (κ1) is 5.45. The number of carbonyl (C=O) groups is 1. The van der Waals surface area contributed by atoms with Crippen LogP contribution in [0.1, 0.15) is 26.7 Å². The van der Waals surface area contributed by atoms with Gasteiger partial charge in [0.25, 0.3) is 0 Å². The third kappa shape index (κ3) is 0.525. The fourth-order valence-electron chi connectivity index (χ4n) is 2.07. The van der Waals surface area contributed by atoms with E-state index >= 15 is 0 Å². The number of carbonyl (C=O) groups excluding carboxylic acids is 1. The smallest absolute Gasteiger partial charge is 0.139 e. The van der Waals surface area contributed by atoms with Gasteiger partial charge in [-0.15, -0.1) is 0 Å². The summed E-state index contributed by atoms with van der Waals surface area (Å²) in [5.74, 6) is 2.03. The fourth-order valence-corrected chi connectivity index (χ4v) is 2.07. The number of fused-ring (bicyclic) bond motifs is 1. The first-order chi connectivity index (χ1) is 4.12. The van der Waals surface area contributed by atoms with Gasteiger partial charge in [0.15, 0.2) is 0 Å². The van der Waals surface area contributed by atoms with Gasteiger partial charge in [-0.2, -0.15) is 0 Å². The molecule has 0 amide bonds. The standard InChI is InChI=1S/C8H12O/c1-8(2)6-3-5(6)4-7(8)9/h5-6H,3-4H2,1-2H3/t5-,6-/m0/s1. The zero-order valence-corrected chi connectivity index (χ0v) is 5.98. The van der Waals surface area contributed by atoms with Gasteiger partial charge in [0.1, 0.15) is 5.78 Å². The summed E-state index contributed by atoms with van der Waals surface area (Å²) in [5.41, 5.74) is 0.0463. The largest absolute Gasteiger partial charge is 0.299 e. The lowest BCUT2D eigenvalue weighted by molar-refractivity contribution is -0.125. The average Bonchev–Trinajstić information content (AvgIpc) is 2.41. The first-order valence-electron chi connectivity index (χ1n) is 3.65. The highest BCUT2D eigenvalue weighted by Crippen LogP contribution is 2.59. The third-order valence-corrected chi connectivity index (χ3v) is 3.02. The number of hydrogen-bond acceptors (Lipinski definition) is 1. The molecule has 2 aliphatic carbocycles. The predicted molar refractivity (Wildman–Crippen MR) is 35.0 cm³/mol. The molecule has 2 aliphatic rings. The number of rotatable bonds is 0. The second kappa shape index (κ2) is 1.23. The van der Waals surface area contributed by atoms with Crippen LogP contribution in [-0.2, 0) is 4.79 Å². The van der Waals surface area contributed by atoms with E-state index in [1.807, 2.05) is 0 Å². The van der Waals surface area contributed by atoms with Crippen molar-refractivity contribution in [2.24, 2.45) is 17.3 Å². The highest BCUT2D eigenvalue weighted by molar-refractivity contribution is 5.88. The molecule has 0 N–H and O–H groups in total. The Morgan fingerprint density at radius 2 is 2.22 bits per heavy atom. The summed E-state index contributed by atoms with van der Waals surface area (Å²) >= 11 is 0. The van der Waals surface area contributed by atoms with Crippen molar-refractivity contribution >= 4 is 5.78 Å². The lowest BCUT2D eigenvalue weighted by Gasteiger charge is -2.16. The summed E-state index contributed by atoms with van der Waals surface area (Å²) < 4.78 is 0. The molecule has 2 rings (SSSR count). The maximum Gasteiger partial charge on any atom is 0.139 e. The Morgan fingerprint density at radius 1 is 1.56 bits per heavy atom. The Kier molecular flexibility index (Phi) is 0.744. The van der Waals surface area contributed by atoms with Crippen molar-refractivity contribution in [2.45, 2.75) is 26.7 Å². The molecule has 0 aromatic heterocycles. The van der Waals surface area contributed by atoms with Crippen LogP contribution in [0.5, 0.6) is 0 Å². The number of ketones is 1. The molecule has 2 fully saturated rings. The Labute approximate surface area is 55.4 Å². The van der Waals surface area contributed by atoms with Crippen LogP contribution in [-0.4, -0.2) is 5.78 Å². The molecule has 0 saturated heterocycles. The van der Waals surface area contributed by atoms with Gasteiger partial charge in [-0.05, 0) is 18.3 Å². The van der Waals surface area contributed by atoms with Crippen molar-refractivity contribution in [3.8, 4) is 0 Å². The van der Waals surface area contributed by atoms with Crippen LogP contribution in [0.2, 0.25) is 0 Å². The number of hydrogen-bond donors (Lipinski definition) is 0. The van der Waals surface area contributed by atoms with E-state index in [4.69, 9.17) is 0 Å². The van der Waals surface area contributed by atoms with Crippen LogP contribution in [0.15, 0.2) is 0 Å². The second-order valence-corrected chi connectivity index (χ2v) is 3.95. The van der Waals surface area contributed by atoms with Crippen LogP contribution < -0.4 is 0 Å². The van der Waals surface area contributed by atoms with Gasteiger partial charge in [0.05, 0.1) is 0 Å². The zero-order chi connectivity index (χ0) is 6.65. The van der Waals surface area contributed by atoms with Crippen molar-refractivity contribution in [3.63, 3.8) is 0 Å². The molecule has 0 heterocycles. The molecule has 1 nitrogen and oxygen atoms in total. The van der Waals surface area contributed by atoms with E-state index in [9.17, 15) is 4.79 Å². The molecule has 2 saturated carbocycles. The van der Waals surface area contributed by atoms with Crippen molar-refractivity contribution in [3.05, 3.63) is 0 Å². The van der Waals surface area contributed by atoms with E-state index in [-0.39, 0.29) is 5.41 Å². The number of Topliss-reactive ketones (excluding diaryl/α,β-unsaturated/α-hetero) is 1. The molecular weight excluding hydrogens is 112 g/mol. The molecule has 0 spiro atoms. The van der Waals surface area contributed by atoms with Gasteiger partial charge in [-0.25, -0.2) is 0 Å². The van der Waals surface area contributed by atoms with Crippen molar-refractivity contribution < 1.29 is 4.79 Å². The normalized spacial score (nSPS) is 44.9. The van der Waals surface area contributed by atoms with Crippen LogP contribution in [0.4, 0.5) is 0 Å². The minimum atomic E-state index is 0.0463. The molecule has 2 atom stereocenters. The Balaban J connectivity index is 2.30. The molecule has 0 unspecified atom stereocenters. The Hall–Kier alpha value is -0.330. The van der Waals surface area contributed by atoms with Gasteiger partial charge in [0.2, 0.25) is 0 Å². The summed E-state index contributed by atoms with van der Waals surface area (Å²) in [6.07, 6.45) is 2.19. The molecule has 0 bridgehead atoms. The van der Waals surface area contributed by atoms with Gasteiger partial charge in [-0.3, -0.25) is 4.79 Å². The summed E-state index contributed by atoms with van der Waals surface area (Å²) in [6, 6.07) is 0. The maximum atomic E-state index is 11.1. The molecule has 0 aliphatic heterocycles. The SMILES string of the molecule is CC1(C)C(=O)C[C@@H]2C[C@@H]21. The summed E-state index contributed by atoms with van der Waals surface area (Å²) in [5, 5.41) is 0. The van der Waals surface area contributed by atoms with E-state index in [0.29, 0.717) is 5.78 Å². The van der Waals surface area contributed by atoms with Crippen molar-refractivity contribution in [2.75, 3.05) is 0 Å². The quantitative estimate of drug-likeness (QED) is 0.479. The minimum absolute atomic E-state index is 0.0463. The molecule has 50 valence electrons. The lowest BCUT2D eigenvalue weighted by atomic mass is 9.86. The molecule has 9 heavy (non-hydrogen) atoms. The van der Waals surface area contributed by atoms with E-state index in [2.05, 4.69) is 13.8 Å². The Bertz CT molecular complexity index is 169. The van der Waals surface area contributed by atoms with Gasteiger partial charge < -0.3 is 0 Å². The van der Waals surface area contributed by atoms with Gasteiger partial charge >= 0.3 is 0 Å². The highest BCUT2D eigenvalue weighted by Gasteiger charge is 2.57. The van der Waals surface area contributed by atoms with E-state index < -0.39 is 0 Å². The van der Waals surface area contributed by atoms with E-state index in [0.717, 1.165) is 18.3 Å². The third-order valence-electron chi connectivity index (χ3n) is 3.02. The van der Waals surface area contributed by atoms with Crippen LogP contribution in [0.25, 0.3) is 0 Å². The van der Waals surface area contributed by atoms with Crippen LogP contribution in [0.3, 0.4) is 0 Å². The average molecular weight is 124 g/mol. The minimum Gasteiger partial charge on any atom is -0.299 e. The fraction of sp³-hybridized carbons (Fsp3) is 0.875. The van der Waals surface area contributed by atoms with E-state index in [1.54, 1.807) is 0 Å². The summed E-state index contributed by atoms with van der Waals surface area (Å²) in [7, 11) is 0. The zero-order valence-electron chi connectivity index (χ0n) is 5.98. The molecule has 1 heteroatoms. The summed E-state index contributed by atoms with van der Waals surface area (Å²) in [6.45, 7) is 4.18. The predicted octanol–water partition coefficient (Wildman–Crippen LogP) is 1.62. The van der Waals surface area contributed by atoms with Gasteiger partial charge in [-0.1, -0.05) is 13.8 Å². The van der Waals surface area contributed by atoms with Crippen LogP contribution in [0, 0.1) is 17.3 Å². The van der Waals surface area contributed by atoms with Crippen LogP contribution >= 0.6 is 0 Å². The highest BCUT2D eigenvalue weighted by atomic mass is 16.1. The topological polar surface area (TPSA) is 17.1 Å². The molecule has 0 aromatic carbocycles. The van der Waals surface area contributed by atoms with E-state index in [1.165, 1.54) is 6.42 Å². The maximum absolute atomic E-state index is 11.1. The lowest BCUT2D eigenvalue weighted by Crippen LogP contribution is -2.21. The second-order valence-electron chi connectivity index (χ2n) is 3.95. The van der Waals surface area contributed by atoms with Gasteiger partial charge in [0, 0.05) is 11.8 Å². The van der Waals surface area contributed by atoms with Crippen molar-refractivity contribution in [1.82, 2.24) is 0 Å². The molecule has 0 radical (unpaired) electrons. The molecular formula is C8H12O. The first-order valence-corrected chi connectivity index (χ1v) is 3.65. The molecule has 0 aromatic rings. The monoisotopic (exact) mass is 124 g/mol. The Morgan fingerprint density at radius 3 is 2.44 bits per heavy atom.